The summed E-state index contributed by atoms with van der Waals surface area (Å²) in [5.41, 5.74) is 0.554. The Morgan fingerprint density at radius 2 is 1.92 bits per heavy atom. The van der Waals surface area contributed by atoms with E-state index in [2.05, 4.69) is 10.3 Å². The van der Waals surface area contributed by atoms with Gasteiger partial charge in [0.1, 0.15) is 29.3 Å². The second kappa shape index (κ2) is 7.77. The molecule has 1 N–H and O–H groups in total. The van der Waals surface area contributed by atoms with Crippen LogP contribution < -0.4 is 10.1 Å². The maximum absolute atomic E-state index is 13.6. The molecule has 1 heterocycles. The van der Waals surface area contributed by atoms with Gasteiger partial charge in [0, 0.05) is 25.5 Å². The summed E-state index contributed by atoms with van der Waals surface area (Å²) < 4.78 is 33.8. The summed E-state index contributed by atoms with van der Waals surface area (Å²) in [7, 11) is 1.78. The molecular weight excluding hydrogens is 340 g/mol. The van der Waals surface area contributed by atoms with Crippen LogP contribution in [0.4, 0.5) is 8.78 Å². The number of ether oxygens (including phenoxy) is 1. The Bertz CT molecular complexity index is 911. The number of rotatable bonds is 6. The number of hydrogen-bond donors (Lipinski definition) is 1. The Kier molecular flexibility index (Phi) is 5.26. The topological polar surface area (TPSA) is 56.2 Å². The molecule has 0 fully saturated rings. The van der Waals surface area contributed by atoms with Crippen molar-refractivity contribution in [2.75, 3.05) is 6.61 Å². The second-order valence-electron chi connectivity index (χ2n) is 5.70. The van der Waals surface area contributed by atoms with Crippen molar-refractivity contribution >= 4 is 5.91 Å². The Morgan fingerprint density at radius 1 is 1.19 bits per heavy atom. The number of imidazole rings is 1. The van der Waals surface area contributed by atoms with Gasteiger partial charge in [-0.2, -0.15) is 0 Å². The van der Waals surface area contributed by atoms with Crippen LogP contribution in [-0.4, -0.2) is 22.1 Å². The minimum Gasteiger partial charge on any atom is -0.484 e. The van der Waals surface area contributed by atoms with Gasteiger partial charge in [-0.3, -0.25) is 4.79 Å². The van der Waals surface area contributed by atoms with Crippen LogP contribution in [0.25, 0.3) is 0 Å². The molecule has 26 heavy (non-hydrogen) atoms. The third-order valence-electron chi connectivity index (χ3n) is 3.77. The minimum atomic E-state index is -0.644. The molecule has 7 heteroatoms. The van der Waals surface area contributed by atoms with E-state index < -0.39 is 23.6 Å². The molecule has 0 saturated heterocycles. The van der Waals surface area contributed by atoms with Crippen LogP contribution in [0.3, 0.4) is 0 Å². The number of benzene rings is 2. The monoisotopic (exact) mass is 357 g/mol. The number of aryl methyl sites for hydroxylation is 1. The second-order valence-corrected chi connectivity index (χ2v) is 5.70. The zero-order chi connectivity index (χ0) is 18.5. The summed E-state index contributed by atoms with van der Waals surface area (Å²) in [5, 5.41) is 2.78. The van der Waals surface area contributed by atoms with Crippen LogP contribution in [0.1, 0.15) is 17.4 Å². The quantitative estimate of drug-likeness (QED) is 0.738. The minimum absolute atomic E-state index is 0.249. The molecule has 1 aromatic heterocycles. The Labute approximate surface area is 149 Å². The van der Waals surface area contributed by atoms with Crippen LogP contribution in [0.5, 0.6) is 5.75 Å². The van der Waals surface area contributed by atoms with Crippen molar-refractivity contribution < 1.29 is 18.3 Å². The molecule has 134 valence electrons. The molecule has 5 nitrogen and oxygen atoms in total. The van der Waals surface area contributed by atoms with E-state index in [-0.39, 0.29) is 12.4 Å². The highest BCUT2D eigenvalue weighted by Crippen LogP contribution is 2.21. The number of halogens is 2. The molecule has 3 aromatic rings. The van der Waals surface area contributed by atoms with E-state index in [9.17, 15) is 13.6 Å². The zero-order valence-electron chi connectivity index (χ0n) is 14.0. The largest absolute Gasteiger partial charge is 0.484 e. The van der Waals surface area contributed by atoms with Crippen molar-refractivity contribution in [2.24, 2.45) is 7.05 Å². The Morgan fingerprint density at radius 3 is 2.58 bits per heavy atom. The van der Waals surface area contributed by atoms with E-state index >= 15 is 0 Å². The predicted octanol–water partition coefficient (Wildman–Crippen LogP) is 2.98. The predicted molar refractivity (Wildman–Crippen MR) is 91.5 cm³/mol. The van der Waals surface area contributed by atoms with Crippen LogP contribution in [0, 0.1) is 11.6 Å². The first-order valence-electron chi connectivity index (χ1n) is 7.93. The molecule has 0 bridgehead atoms. The van der Waals surface area contributed by atoms with Gasteiger partial charge in [0.2, 0.25) is 0 Å². The van der Waals surface area contributed by atoms with Crippen molar-refractivity contribution in [3.8, 4) is 5.75 Å². The summed E-state index contributed by atoms with van der Waals surface area (Å²) in [4.78, 5) is 16.6. The highest BCUT2D eigenvalue weighted by molar-refractivity contribution is 5.78. The van der Waals surface area contributed by atoms with E-state index in [4.69, 9.17) is 4.74 Å². The smallest absolute Gasteiger partial charge is 0.258 e. The van der Waals surface area contributed by atoms with Crippen LogP contribution in [0.15, 0.2) is 60.9 Å². The number of amides is 1. The van der Waals surface area contributed by atoms with Gasteiger partial charge in [0.25, 0.3) is 5.91 Å². The zero-order valence-corrected chi connectivity index (χ0v) is 14.0. The summed E-state index contributed by atoms with van der Waals surface area (Å²) in [6.45, 7) is -0.306. The Balaban J connectivity index is 1.75. The van der Waals surface area contributed by atoms with Crippen molar-refractivity contribution in [1.29, 1.82) is 0 Å². The molecule has 1 atom stereocenters. The van der Waals surface area contributed by atoms with Gasteiger partial charge >= 0.3 is 0 Å². The van der Waals surface area contributed by atoms with Gasteiger partial charge in [0.05, 0.1) is 0 Å². The molecule has 0 saturated carbocycles. The average molecular weight is 357 g/mol. The SMILES string of the molecule is Cn1ccnc1[C@@H](NC(=O)COc1cccc(F)c1)c1cccc(F)c1. The lowest BCUT2D eigenvalue weighted by molar-refractivity contribution is -0.123. The molecule has 1 amide bonds. The van der Waals surface area contributed by atoms with Gasteiger partial charge in [-0.05, 0) is 29.8 Å². The number of nitrogens with zero attached hydrogens (tertiary/aromatic N) is 2. The lowest BCUT2D eigenvalue weighted by Crippen LogP contribution is -2.34. The van der Waals surface area contributed by atoms with Crippen molar-refractivity contribution in [1.82, 2.24) is 14.9 Å². The lowest BCUT2D eigenvalue weighted by atomic mass is 10.1. The van der Waals surface area contributed by atoms with Crippen LogP contribution in [0.2, 0.25) is 0 Å². The van der Waals surface area contributed by atoms with Gasteiger partial charge < -0.3 is 14.6 Å². The van der Waals surface area contributed by atoms with Crippen LogP contribution >= 0.6 is 0 Å². The normalized spacial score (nSPS) is 11.8. The highest BCUT2D eigenvalue weighted by Gasteiger charge is 2.21. The number of hydrogen-bond acceptors (Lipinski definition) is 3. The molecule has 0 radical (unpaired) electrons. The highest BCUT2D eigenvalue weighted by atomic mass is 19.1. The molecule has 3 rings (SSSR count). The van der Waals surface area contributed by atoms with E-state index in [0.717, 1.165) is 0 Å². The van der Waals surface area contributed by atoms with Crippen molar-refractivity contribution in [3.05, 3.63) is 83.9 Å². The fourth-order valence-electron chi connectivity index (χ4n) is 2.55. The van der Waals surface area contributed by atoms with E-state index in [1.807, 2.05) is 0 Å². The van der Waals surface area contributed by atoms with Gasteiger partial charge in [-0.25, -0.2) is 13.8 Å². The fourth-order valence-corrected chi connectivity index (χ4v) is 2.55. The standard InChI is InChI=1S/C19H17F2N3O2/c1-24-9-8-22-19(24)18(13-4-2-5-14(20)10-13)23-17(25)12-26-16-7-3-6-15(21)11-16/h2-11,18H,12H2,1H3,(H,23,25)/t18-/m0/s1. The van der Waals surface area contributed by atoms with E-state index in [1.165, 1.54) is 30.3 Å². The first kappa shape index (κ1) is 17.6. The van der Waals surface area contributed by atoms with Gasteiger partial charge in [-0.1, -0.05) is 18.2 Å². The number of aromatic nitrogens is 2. The molecule has 2 aromatic carbocycles. The molecular formula is C19H17F2N3O2. The molecule has 0 aliphatic heterocycles. The maximum atomic E-state index is 13.6. The first-order chi connectivity index (χ1) is 12.5. The molecule has 0 spiro atoms. The fraction of sp³-hybridized carbons (Fsp3) is 0.158. The van der Waals surface area contributed by atoms with Gasteiger partial charge in [-0.15, -0.1) is 0 Å². The molecule has 0 aliphatic rings. The molecule has 0 unspecified atom stereocenters. The van der Waals surface area contributed by atoms with Crippen LogP contribution in [-0.2, 0) is 11.8 Å². The molecule has 0 aliphatic carbocycles. The lowest BCUT2D eigenvalue weighted by Gasteiger charge is -2.19. The summed E-state index contributed by atoms with van der Waals surface area (Å²) >= 11 is 0. The maximum Gasteiger partial charge on any atom is 0.258 e. The van der Waals surface area contributed by atoms with E-state index in [0.29, 0.717) is 11.4 Å². The first-order valence-corrected chi connectivity index (χ1v) is 7.93. The number of carbonyl (C=O) groups is 1. The van der Waals surface area contributed by atoms with Crippen molar-refractivity contribution in [3.63, 3.8) is 0 Å². The number of carbonyl (C=O) groups excluding carboxylic acids is 1. The van der Waals surface area contributed by atoms with Gasteiger partial charge in [0.15, 0.2) is 6.61 Å². The summed E-state index contributed by atoms with van der Waals surface area (Å²) in [6, 6.07) is 10.8. The Hall–Kier alpha value is -3.22. The summed E-state index contributed by atoms with van der Waals surface area (Å²) in [5.74, 6) is -0.499. The third kappa shape index (κ3) is 4.24. The average Bonchev–Trinajstić information content (AvgIpc) is 3.04. The van der Waals surface area contributed by atoms with Crippen molar-refractivity contribution in [2.45, 2.75) is 6.04 Å². The third-order valence-corrected chi connectivity index (χ3v) is 3.77. The van der Waals surface area contributed by atoms with E-state index in [1.54, 1.807) is 42.2 Å². The number of nitrogens with one attached hydrogen (secondary N) is 1. The summed E-state index contributed by atoms with van der Waals surface area (Å²) in [6.07, 6.45) is 3.33.